The molecule has 0 unspecified atom stereocenters. The molecular formula is C19H21ClN4O2. The number of carbonyl (C=O) groups excluding carboxylic acids is 1. The number of anilines is 1. The highest BCUT2D eigenvalue weighted by atomic mass is 35.5. The third-order valence-corrected chi connectivity index (χ3v) is 5.64. The van der Waals surface area contributed by atoms with Crippen LogP contribution in [0.3, 0.4) is 0 Å². The van der Waals surface area contributed by atoms with Crippen molar-refractivity contribution < 1.29 is 4.79 Å². The topological polar surface area (TPSA) is 58.4 Å². The number of nitrogens with zero attached hydrogens (tertiary/aromatic N) is 4. The lowest BCUT2D eigenvalue weighted by molar-refractivity contribution is -0.138. The summed E-state index contributed by atoms with van der Waals surface area (Å²) in [6.45, 7) is 2.64. The van der Waals surface area contributed by atoms with Crippen molar-refractivity contribution in [3.05, 3.63) is 51.9 Å². The van der Waals surface area contributed by atoms with E-state index in [-0.39, 0.29) is 22.4 Å². The minimum absolute atomic E-state index is 0.169. The number of aromatic nitrogens is 2. The zero-order chi connectivity index (χ0) is 18.1. The quantitative estimate of drug-likeness (QED) is 0.829. The molecule has 1 aliphatic carbocycles. The monoisotopic (exact) mass is 372 g/mol. The van der Waals surface area contributed by atoms with Gasteiger partial charge in [-0.25, -0.2) is 0 Å². The molecule has 0 bridgehead atoms. The summed E-state index contributed by atoms with van der Waals surface area (Å²) >= 11 is 6.37. The molecule has 2 aliphatic rings. The van der Waals surface area contributed by atoms with Gasteiger partial charge in [0.25, 0.3) is 5.56 Å². The van der Waals surface area contributed by atoms with Crippen molar-refractivity contribution in [3.63, 3.8) is 0 Å². The van der Waals surface area contributed by atoms with Crippen molar-refractivity contribution >= 4 is 23.2 Å². The Morgan fingerprint density at radius 1 is 1.08 bits per heavy atom. The van der Waals surface area contributed by atoms with Crippen LogP contribution in [0.1, 0.15) is 19.3 Å². The standard InChI is InChI=1S/C19H21ClN4O2/c20-17-16(13-21-24(19(17)26)15-7-2-1-3-8-15)22-9-11-23(12-10-22)18(25)14-5-4-6-14/h1-3,7-8,13-14H,4-6,9-12H2. The number of amides is 1. The van der Waals surface area contributed by atoms with Gasteiger partial charge in [0.05, 0.1) is 17.6 Å². The fourth-order valence-electron chi connectivity index (χ4n) is 3.48. The van der Waals surface area contributed by atoms with Gasteiger partial charge < -0.3 is 9.80 Å². The number of halogens is 1. The highest BCUT2D eigenvalue weighted by molar-refractivity contribution is 6.33. The lowest BCUT2D eigenvalue weighted by Crippen LogP contribution is -2.51. The van der Waals surface area contributed by atoms with Crippen molar-refractivity contribution in [2.24, 2.45) is 5.92 Å². The first-order valence-corrected chi connectivity index (χ1v) is 9.40. The number of benzene rings is 1. The maximum atomic E-state index is 12.6. The molecule has 1 aliphatic heterocycles. The van der Waals surface area contributed by atoms with Crippen LogP contribution in [0.5, 0.6) is 0 Å². The Hall–Kier alpha value is -2.34. The first kappa shape index (κ1) is 17.1. The summed E-state index contributed by atoms with van der Waals surface area (Å²) in [6, 6.07) is 9.21. The molecule has 0 radical (unpaired) electrons. The number of rotatable bonds is 3. The fraction of sp³-hybridized carbons (Fsp3) is 0.421. The second-order valence-corrected chi connectivity index (χ2v) is 7.21. The number of piperazine rings is 1. The highest BCUT2D eigenvalue weighted by Gasteiger charge is 2.31. The summed E-state index contributed by atoms with van der Waals surface area (Å²) in [5.74, 6) is 0.501. The maximum Gasteiger partial charge on any atom is 0.292 e. The van der Waals surface area contributed by atoms with E-state index in [9.17, 15) is 9.59 Å². The molecule has 0 spiro atoms. The van der Waals surface area contributed by atoms with Gasteiger partial charge in [-0.3, -0.25) is 9.59 Å². The molecule has 1 aromatic carbocycles. The van der Waals surface area contributed by atoms with Gasteiger partial charge in [-0.05, 0) is 25.0 Å². The summed E-state index contributed by atoms with van der Waals surface area (Å²) in [6.07, 6.45) is 4.84. The zero-order valence-corrected chi connectivity index (χ0v) is 15.2. The van der Waals surface area contributed by atoms with Gasteiger partial charge in [0.15, 0.2) is 0 Å². The molecule has 2 heterocycles. The van der Waals surface area contributed by atoms with Crippen molar-refractivity contribution in [2.75, 3.05) is 31.1 Å². The van der Waals surface area contributed by atoms with Gasteiger partial charge in [-0.2, -0.15) is 9.78 Å². The number of hydrogen-bond acceptors (Lipinski definition) is 4. The molecule has 1 aromatic heterocycles. The second-order valence-electron chi connectivity index (χ2n) is 6.84. The molecule has 1 saturated heterocycles. The Bertz CT molecular complexity index is 856. The van der Waals surface area contributed by atoms with Crippen molar-refractivity contribution in [2.45, 2.75) is 19.3 Å². The molecule has 4 rings (SSSR count). The maximum absolute atomic E-state index is 12.6. The lowest BCUT2D eigenvalue weighted by atomic mass is 9.84. The van der Waals surface area contributed by atoms with E-state index >= 15 is 0 Å². The van der Waals surface area contributed by atoms with Crippen LogP contribution in [-0.2, 0) is 4.79 Å². The normalized spacial score (nSPS) is 17.9. The van der Waals surface area contributed by atoms with Crippen LogP contribution in [0.2, 0.25) is 5.02 Å². The highest BCUT2D eigenvalue weighted by Crippen LogP contribution is 2.29. The van der Waals surface area contributed by atoms with Crippen molar-refractivity contribution in [3.8, 4) is 5.69 Å². The number of hydrogen-bond donors (Lipinski definition) is 0. The first-order valence-electron chi connectivity index (χ1n) is 9.02. The average molecular weight is 373 g/mol. The summed E-state index contributed by atoms with van der Waals surface area (Å²) in [5.41, 5.74) is 0.991. The number of carbonyl (C=O) groups is 1. The van der Waals surface area contributed by atoms with Gasteiger partial charge in [0.2, 0.25) is 5.91 Å². The van der Waals surface area contributed by atoms with Gasteiger partial charge in [-0.15, -0.1) is 0 Å². The molecule has 1 saturated carbocycles. The molecule has 1 amide bonds. The summed E-state index contributed by atoms with van der Waals surface area (Å²) < 4.78 is 1.31. The summed E-state index contributed by atoms with van der Waals surface area (Å²) in [4.78, 5) is 29.0. The molecular weight excluding hydrogens is 352 g/mol. The van der Waals surface area contributed by atoms with Crippen LogP contribution in [0, 0.1) is 5.92 Å². The van der Waals surface area contributed by atoms with E-state index in [0.29, 0.717) is 37.6 Å². The molecule has 2 aromatic rings. The molecule has 0 N–H and O–H groups in total. The predicted octanol–water partition coefficient (Wildman–Crippen LogP) is 2.33. The van der Waals surface area contributed by atoms with Crippen LogP contribution in [0.25, 0.3) is 5.69 Å². The third-order valence-electron chi connectivity index (χ3n) is 5.29. The lowest BCUT2D eigenvalue weighted by Gasteiger charge is -2.39. The Balaban J connectivity index is 1.50. The van der Waals surface area contributed by atoms with E-state index in [1.165, 1.54) is 4.68 Å². The van der Waals surface area contributed by atoms with Gasteiger partial charge in [0, 0.05) is 32.1 Å². The Kier molecular flexibility index (Phi) is 4.68. The minimum Gasteiger partial charge on any atom is -0.365 e. The van der Waals surface area contributed by atoms with Gasteiger partial charge in [-0.1, -0.05) is 36.2 Å². The van der Waals surface area contributed by atoms with Crippen LogP contribution in [0.15, 0.2) is 41.3 Å². The minimum atomic E-state index is -0.330. The van der Waals surface area contributed by atoms with E-state index in [1.54, 1.807) is 6.20 Å². The van der Waals surface area contributed by atoms with E-state index in [4.69, 9.17) is 11.6 Å². The van der Waals surface area contributed by atoms with Crippen molar-refractivity contribution in [1.29, 1.82) is 0 Å². The Labute approximate surface area is 157 Å². The van der Waals surface area contributed by atoms with Gasteiger partial charge in [0.1, 0.15) is 5.02 Å². The molecule has 2 fully saturated rings. The van der Waals surface area contributed by atoms with Crippen LogP contribution < -0.4 is 10.5 Å². The summed E-state index contributed by atoms with van der Waals surface area (Å²) in [5, 5.41) is 4.46. The SMILES string of the molecule is O=C(C1CCC1)N1CCN(c2cnn(-c3ccccc3)c(=O)c2Cl)CC1. The molecule has 6 nitrogen and oxygen atoms in total. The number of para-hydroxylation sites is 1. The van der Waals surface area contributed by atoms with Crippen LogP contribution in [0.4, 0.5) is 5.69 Å². The second kappa shape index (κ2) is 7.11. The molecule has 26 heavy (non-hydrogen) atoms. The Morgan fingerprint density at radius 2 is 1.77 bits per heavy atom. The van der Waals surface area contributed by atoms with Crippen molar-refractivity contribution in [1.82, 2.24) is 14.7 Å². The van der Waals surface area contributed by atoms with Gasteiger partial charge >= 0.3 is 0 Å². The molecule has 0 atom stereocenters. The zero-order valence-electron chi connectivity index (χ0n) is 14.5. The largest absolute Gasteiger partial charge is 0.365 e. The molecule has 136 valence electrons. The predicted molar refractivity (Wildman–Crippen MR) is 101 cm³/mol. The van der Waals surface area contributed by atoms with Crippen LogP contribution in [-0.4, -0.2) is 46.8 Å². The molecule has 7 heteroatoms. The van der Waals surface area contributed by atoms with E-state index in [1.807, 2.05) is 40.1 Å². The Morgan fingerprint density at radius 3 is 2.38 bits per heavy atom. The fourth-order valence-corrected chi connectivity index (χ4v) is 3.73. The average Bonchev–Trinajstić information content (AvgIpc) is 2.63. The first-order chi connectivity index (χ1) is 12.6. The van der Waals surface area contributed by atoms with E-state index in [2.05, 4.69) is 5.10 Å². The van der Waals surface area contributed by atoms with E-state index in [0.717, 1.165) is 19.3 Å². The van der Waals surface area contributed by atoms with Crippen LogP contribution >= 0.6 is 11.6 Å². The smallest absolute Gasteiger partial charge is 0.292 e. The van der Waals surface area contributed by atoms with E-state index < -0.39 is 0 Å². The third kappa shape index (κ3) is 3.09. The summed E-state index contributed by atoms with van der Waals surface area (Å²) in [7, 11) is 0.